The van der Waals surface area contributed by atoms with E-state index in [2.05, 4.69) is 15.4 Å². The maximum atomic E-state index is 13.9. The Morgan fingerprint density at radius 3 is 2.66 bits per heavy atom. The van der Waals surface area contributed by atoms with Crippen LogP contribution in [0.3, 0.4) is 0 Å². The summed E-state index contributed by atoms with van der Waals surface area (Å²) in [4.78, 5) is 4.41. The number of ether oxygens (including phenoxy) is 3. The van der Waals surface area contributed by atoms with Gasteiger partial charge in [-0.2, -0.15) is 10.1 Å². The van der Waals surface area contributed by atoms with Gasteiger partial charge in [-0.15, -0.1) is 0 Å². The average molecular weight is 491 g/mol. The average Bonchev–Trinajstić information content (AvgIpc) is 3.35. The molecule has 0 unspecified atom stereocenters. The van der Waals surface area contributed by atoms with Gasteiger partial charge in [-0.1, -0.05) is 35.9 Å². The highest BCUT2D eigenvalue weighted by Gasteiger charge is 2.42. The van der Waals surface area contributed by atoms with E-state index in [1.165, 1.54) is 18.5 Å². The van der Waals surface area contributed by atoms with Gasteiger partial charge in [0.05, 0.1) is 19.9 Å². The lowest BCUT2D eigenvalue weighted by atomic mass is 9.84. The molecule has 0 aliphatic carbocycles. The largest absolute Gasteiger partial charge is 0.493 e. The van der Waals surface area contributed by atoms with Gasteiger partial charge in [-0.25, -0.2) is 9.07 Å². The summed E-state index contributed by atoms with van der Waals surface area (Å²) in [5, 5.41) is 8.48. The van der Waals surface area contributed by atoms with E-state index in [-0.39, 0.29) is 5.82 Å². The summed E-state index contributed by atoms with van der Waals surface area (Å²) in [6.07, 6.45) is 0.904. The van der Waals surface area contributed by atoms with Crippen LogP contribution in [0.5, 0.6) is 17.2 Å². The molecule has 1 N–H and O–H groups in total. The quantitative estimate of drug-likeness (QED) is 0.399. The molecule has 2 atom stereocenters. The van der Waals surface area contributed by atoms with Crippen molar-refractivity contribution in [1.29, 1.82) is 0 Å². The normalized spacial score (nSPS) is 18.1. The van der Waals surface area contributed by atoms with Crippen molar-refractivity contribution in [2.24, 2.45) is 0 Å². The fourth-order valence-electron chi connectivity index (χ4n) is 4.78. The number of nitrogens with zero attached hydrogens (tertiary/aromatic N) is 3. The maximum Gasteiger partial charge on any atom is 0.226 e. The van der Waals surface area contributed by atoms with Gasteiger partial charge in [-0.3, -0.25) is 0 Å². The number of fused-ring (bicyclic) bond motifs is 3. The number of para-hydroxylation sites is 1. The smallest absolute Gasteiger partial charge is 0.226 e. The molecule has 7 nitrogen and oxygen atoms in total. The Balaban J connectivity index is 1.65. The molecular formula is C26H20ClFN4O3. The Hall–Kier alpha value is -4.04. The molecule has 6 rings (SSSR count). The topological polar surface area (TPSA) is 70.4 Å². The molecule has 2 aliphatic heterocycles. The first-order valence-corrected chi connectivity index (χ1v) is 11.3. The van der Waals surface area contributed by atoms with Crippen molar-refractivity contribution >= 4 is 23.2 Å². The highest BCUT2D eigenvalue weighted by Crippen LogP contribution is 2.53. The molecule has 0 spiro atoms. The van der Waals surface area contributed by atoms with Gasteiger partial charge in [0, 0.05) is 21.7 Å². The zero-order valence-electron chi connectivity index (χ0n) is 18.8. The van der Waals surface area contributed by atoms with Crippen LogP contribution in [0.1, 0.15) is 28.8 Å². The molecule has 0 bridgehead atoms. The predicted octanol–water partition coefficient (Wildman–Crippen LogP) is 5.65. The summed E-state index contributed by atoms with van der Waals surface area (Å²) in [6.45, 7) is 0. The SMILES string of the molecule is COc1cccc([C@H]2Oc3ccc(Cl)cc3C3=C2[C@@H](c2ccc(F)cc2)n2ncnc2N3)c1OC. The van der Waals surface area contributed by atoms with Crippen LogP contribution < -0.4 is 19.5 Å². The molecule has 0 fully saturated rings. The second-order valence-electron chi connectivity index (χ2n) is 8.16. The predicted molar refractivity (Wildman–Crippen MR) is 129 cm³/mol. The van der Waals surface area contributed by atoms with Crippen molar-refractivity contribution < 1.29 is 18.6 Å². The lowest BCUT2D eigenvalue weighted by Crippen LogP contribution is -2.32. The molecule has 0 saturated heterocycles. The van der Waals surface area contributed by atoms with Crippen molar-refractivity contribution in [3.05, 3.63) is 100 Å². The van der Waals surface area contributed by atoms with E-state index in [9.17, 15) is 4.39 Å². The van der Waals surface area contributed by atoms with Crippen LogP contribution in [0.15, 0.2) is 72.6 Å². The minimum Gasteiger partial charge on any atom is -0.493 e. The maximum absolute atomic E-state index is 13.9. The van der Waals surface area contributed by atoms with Crippen LogP contribution in [0.2, 0.25) is 5.02 Å². The molecule has 3 aromatic carbocycles. The number of hydrogen-bond donors (Lipinski definition) is 1. The second-order valence-corrected chi connectivity index (χ2v) is 8.60. The summed E-state index contributed by atoms with van der Waals surface area (Å²) < 4.78 is 33.6. The summed E-state index contributed by atoms with van der Waals surface area (Å²) >= 11 is 6.38. The molecule has 176 valence electrons. The molecule has 0 radical (unpaired) electrons. The van der Waals surface area contributed by atoms with E-state index in [1.54, 1.807) is 37.1 Å². The highest BCUT2D eigenvalue weighted by atomic mass is 35.5. The number of anilines is 1. The van der Waals surface area contributed by atoms with Gasteiger partial charge in [0.1, 0.15) is 23.9 Å². The van der Waals surface area contributed by atoms with Crippen molar-refractivity contribution in [3.63, 3.8) is 0 Å². The third-order valence-corrected chi connectivity index (χ3v) is 6.51. The number of nitrogens with one attached hydrogen (secondary N) is 1. The minimum absolute atomic E-state index is 0.321. The van der Waals surface area contributed by atoms with Crippen LogP contribution in [0.25, 0.3) is 5.70 Å². The zero-order chi connectivity index (χ0) is 24.1. The van der Waals surface area contributed by atoms with Gasteiger partial charge < -0.3 is 19.5 Å². The number of methoxy groups -OCH3 is 2. The monoisotopic (exact) mass is 490 g/mol. The van der Waals surface area contributed by atoms with Gasteiger partial charge in [0.25, 0.3) is 0 Å². The van der Waals surface area contributed by atoms with Gasteiger partial charge in [-0.05, 0) is 42.0 Å². The summed E-state index contributed by atoms with van der Waals surface area (Å²) in [6, 6.07) is 17.1. The number of hydrogen-bond acceptors (Lipinski definition) is 6. The summed E-state index contributed by atoms with van der Waals surface area (Å²) in [5.74, 6) is 2.04. The number of rotatable bonds is 4. The van der Waals surface area contributed by atoms with Crippen LogP contribution >= 0.6 is 11.6 Å². The van der Waals surface area contributed by atoms with Crippen molar-refractivity contribution in [3.8, 4) is 17.2 Å². The van der Waals surface area contributed by atoms with Gasteiger partial charge in [0.2, 0.25) is 5.95 Å². The Morgan fingerprint density at radius 2 is 1.89 bits per heavy atom. The van der Waals surface area contributed by atoms with Crippen molar-refractivity contribution in [1.82, 2.24) is 14.8 Å². The van der Waals surface area contributed by atoms with Crippen LogP contribution in [0.4, 0.5) is 10.3 Å². The van der Waals surface area contributed by atoms with E-state index >= 15 is 0 Å². The summed E-state index contributed by atoms with van der Waals surface area (Å²) in [5.41, 5.74) is 4.06. The van der Waals surface area contributed by atoms with Gasteiger partial charge in [0.15, 0.2) is 17.6 Å². The molecule has 3 heterocycles. The minimum atomic E-state index is -0.580. The van der Waals surface area contributed by atoms with E-state index < -0.39 is 12.1 Å². The van der Waals surface area contributed by atoms with E-state index in [0.29, 0.717) is 28.2 Å². The first kappa shape index (κ1) is 21.5. The first-order chi connectivity index (χ1) is 17.1. The van der Waals surface area contributed by atoms with E-state index in [0.717, 1.165) is 28.0 Å². The lowest BCUT2D eigenvalue weighted by molar-refractivity contribution is 0.216. The van der Waals surface area contributed by atoms with E-state index in [4.69, 9.17) is 25.8 Å². The molecule has 9 heteroatoms. The molecule has 35 heavy (non-hydrogen) atoms. The molecule has 1 aromatic heterocycles. The summed E-state index contributed by atoms with van der Waals surface area (Å²) in [7, 11) is 3.19. The molecular weight excluding hydrogens is 471 g/mol. The van der Waals surface area contributed by atoms with Crippen LogP contribution in [0, 0.1) is 5.82 Å². The highest BCUT2D eigenvalue weighted by molar-refractivity contribution is 6.30. The lowest BCUT2D eigenvalue weighted by Gasteiger charge is -2.39. The van der Waals surface area contributed by atoms with Crippen LogP contribution in [-0.2, 0) is 0 Å². The third kappa shape index (κ3) is 3.40. The third-order valence-electron chi connectivity index (χ3n) is 6.28. The molecule has 2 aliphatic rings. The number of halogens is 2. The van der Waals surface area contributed by atoms with Gasteiger partial charge >= 0.3 is 0 Å². The Kier molecular flexibility index (Phi) is 5.11. The molecule has 4 aromatic rings. The number of aromatic nitrogens is 3. The first-order valence-electron chi connectivity index (χ1n) is 10.9. The Labute approximate surface area is 205 Å². The second kappa shape index (κ2) is 8.32. The van der Waals surface area contributed by atoms with Crippen LogP contribution in [-0.4, -0.2) is 29.0 Å². The number of benzene rings is 3. The zero-order valence-corrected chi connectivity index (χ0v) is 19.6. The van der Waals surface area contributed by atoms with E-state index in [1.807, 2.05) is 30.3 Å². The Bertz CT molecular complexity index is 1470. The molecule has 0 saturated carbocycles. The van der Waals surface area contributed by atoms with Crippen molar-refractivity contribution in [2.45, 2.75) is 12.1 Å². The molecule has 0 amide bonds. The fraction of sp³-hybridized carbons (Fsp3) is 0.154. The Morgan fingerprint density at radius 1 is 1.06 bits per heavy atom. The van der Waals surface area contributed by atoms with Crippen molar-refractivity contribution in [2.75, 3.05) is 19.5 Å². The standard InChI is InChI=1S/C26H20ClFN4O3/c1-33-20-5-3-4-17(24(20)34-2)25-21-22(18-12-15(27)8-11-19(18)35-25)31-26-29-13-30-32(26)23(21)14-6-9-16(28)10-7-14/h3-13,23,25H,1-2H3,(H,29,30,31)/t23-,25-/m1/s1. The fourth-order valence-corrected chi connectivity index (χ4v) is 4.96.